The van der Waals surface area contributed by atoms with E-state index in [0.29, 0.717) is 62.9 Å². The van der Waals surface area contributed by atoms with Crippen LogP contribution in [0.5, 0.6) is 0 Å². The summed E-state index contributed by atoms with van der Waals surface area (Å²) in [6.45, 7) is 5.63. The van der Waals surface area contributed by atoms with Crippen LogP contribution in [0, 0.1) is 58.2 Å². The fraction of sp³-hybridized carbons (Fsp3) is 0.750. The summed E-state index contributed by atoms with van der Waals surface area (Å²) in [5, 5.41) is 0. The zero-order valence-electron chi connectivity index (χ0n) is 32.8. The molecule has 17 heteroatoms. The van der Waals surface area contributed by atoms with Gasteiger partial charge in [0.05, 0.1) is 39.3 Å². The third-order valence-electron chi connectivity index (χ3n) is 12.1. The van der Waals surface area contributed by atoms with Gasteiger partial charge in [-0.05, 0) is 79.4 Å². The molecule has 0 spiro atoms. The molecule has 4 bridgehead atoms. The maximum absolute atomic E-state index is 12.4. The van der Waals surface area contributed by atoms with Crippen molar-refractivity contribution in [2.45, 2.75) is 80.1 Å². The molecule has 0 aromatic heterocycles. The van der Waals surface area contributed by atoms with Gasteiger partial charge >= 0.3 is 35.8 Å². The van der Waals surface area contributed by atoms with Crippen molar-refractivity contribution in [2.75, 3.05) is 55.2 Å². The van der Waals surface area contributed by atoms with E-state index in [9.17, 15) is 28.8 Å². The van der Waals surface area contributed by atoms with Crippen LogP contribution in [0.25, 0.3) is 0 Å². The quantitative estimate of drug-likeness (QED) is 0.0333. The largest absolute Gasteiger partial charge is 0.469 e. The van der Waals surface area contributed by atoms with E-state index in [1.807, 2.05) is 0 Å². The van der Waals surface area contributed by atoms with Crippen molar-refractivity contribution in [3.63, 3.8) is 0 Å². The van der Waals surface area contributed by atoms with E-state index >= 15 is 0 Å². The van der Waals surface area contributed by atoms with Crippen LogP contribution in [-0.4, -0.2) is 91.1 Å². The molecule has 6 rings (SSSR count). The molecular weight excluding hydrogens is 797 g/mol. The van der Waals surface area contributed by atoms with Gasteiger partial charge in [-0.1, -0.05) is 48.8 Å². The second kappa shape index (κ2) is 25.5. The van der Waals surface area contributed by atoms with Crippen LogP contribution in [0.2, 0.25) is 0 Å². The number of fused-ring (bicyclic) bond motifs is 4. The summed E-state index contributed by atoms with van der Waals surface area (Å²) in [6.07, 6.45) is 13.3. The number of carbonyl (C=O) groups is 6. The van der Waals surface area contributed by atoms with E-state index in [2.05, 4.69) is 41.7 Å². The maximum Gasteiger partial charge on any atom is 0.338 e. The normalized spacial score (nSPS) is 32.1. The smallest absolute Gasteiger partial charge is 0.338 e. The van der Waals surface area contributed by atoms with Gasteiger partial charge in [0.25, 0.3) is 0 Å². The van der Waals surface area contributed by atoms with Gasteiger partial charge in [0.2, 0.25) is 0 Å². The fourth-order valence-corrected chi connectivity index (χ4v) is 9.63. The lowest BCUT2D eigenvalue weighted by Crippen LogP contribution is -2.45. The van der Waals surface area contributed by atoms with Crippen LogP contribution >= 0.6 is 25.8 Å². The van der Waals surface area contributed by atoms with Crippen molar-refractivity contribution < 1.29 is 66.7 Å². The number of cyclic esters (lactones) is 4. The zero-order valence-corrected chi connectivity index (χ0v) is 36.1. The first-order valence-corrected chi connectivity index (χ1v) is 23.2. The van der Waals surface area contributed by atoms with Gasteiger partial charge in [-0.15, -0.1) is 17.9 Å². The Hall–Kier alpha value is -2.17. The Bertz CT molecular complexity index is 1390. The Labute approximate surface area is 345 Å². The third kappa shape index (κ3) is 13.9. The molecule has 0 aromatic rings. The fourth-order valence-electron chi connectivity index (χ4n) is 9.63. The second-order valence-electron chi connectivity index (χ2n) is 15.1. The SMILES string of the molecule is C.C.COCOCC1(CCC(=O)OC)CC2C=CC1C2.COCOCC1(CCC(=O)OC)CC2CC1C(C1C(=O)OC(=O)C1C)C2C.O=C1C=CC(=O)O1.PPP. The first kappa shape index (κ1) is 52.8. The van der Waals surface area contributed by atoms with Gasteiger partial charge in [-0.3, -0.25) is 19.2 Å². The molecule has 14 nitrogen and oxygen atoms in total. The molecule has 12 atom stereocenters. The van der Waals surface area contributed by atoms with Gasteiger partial charge in [-0.25, -0.2) is 9.59 Å². The van der Waals surface area contributed by atoms with E-state index in [0.717, 1.165) is 45.8 Å². The second-order valence-corrected chi connectivity index (χ2v) is 19.4. The molecule has 4 aliphatic carbocycles. The van der Waals surface area contributed by atoms with Crippen LogP contribution in [-0.2, 0) is 66.7 Å². The highest BCUT2D eigenvalue weighted by molar-refractivity contribution is 8.33. The number of rotatable bonds is 15. The molecule has 3 saturated carbocycles. The van der Waals surface area contributed by atoms with E-state index in [1.54, 1.807) is 21.1 Å². The van der Waals surface area contributed by atoms with Crippen molar-refractivity contribution in [2.24, 2.45) is 58.2 Å². The Balaban J connectivity index is 0.000000465. The topological polar surface area (TPSA) is 176 Å². The number of hydrogen-bond donors (Lipinski definition) is 0. The van der Waals surface area contributed by atoms with Crippen LogP contribution in [0.1, 0.15) is 80.1 Å². The minimum atomic E-state index is -0.579. The van der Waals surface area contributed by atoms with Gasteiger partial charge in [0.15, 0.2) is 0 Å². The molecule has 0 amide bonds. The lowest BCUT2D eigenvalue weighted by atomic mass is 9.59. The summed E-state index contributed by atoms with van der Waals surface area (Å²) in [5.74, 6) is -0.860. The predicted molar refractivity (Wildman–Crippen MR) is 222 cm³/mol. The zero-order chi connectivity index (χ0) is 40.8. The Morgan fingerprint density at radius 2 is 1.30 bits per heavy atom. The van der Waals surface area contributed by atoms with Crippen LogP contribution < -0.4 is 0 Å². The summed E-state index contributed by atoms with van der Waals surface area (Å²) in [5.41, 5.74) is -0.105. The van der Waals surface area contributed by atoms with Gasteiger partial charge in [-0.2, -0.15) is 0 Å². The Kier molecular flexibility index (Phi) is 23.6. The lowest BCUT2D eigenvalue weighted by molar-refractivity contribution is -0.156. The van der Waals surface area contributed by atoms with Crippen LogP contribution in [0.3, 0.4) is 0 Å². The van der Waals surface area contributed by atoms with E-state index < -0.39 is 35.7 Å². The predicted octanol–water partition coefficient (Wildman–Crippen LogP) is 6.46. The minimum absolute atomic E-state index is 0. The molecule has 2 aliphatic heterocycles. The van der Waals surface area contributed by atoms with Gasteiger partial charge in [0, 0.05) is 44.6 Å². The molecule has 57 heavy (non-hydrogen) atoms. The molecule has 0 aromatic carbocycles. The maximum atomic E-state index is 12.4. The average Bonchev–Trinajstić information content (AvgIpc) is 4.02. The number of allylic oxidation sites excluding steroid dienone is 2. The van der Waals surface area contributed by atoms with Crippen molar-refractivity contribution in [3.8, 4) is 0 Å². The molecule has 0 radical (unpaired) electrons. The number of carbonyl (C=O) groups excluding carboxylic acids is 6. The van der Waals surface area contributed by atoms with Crippen LogP contribution in [0.4, 0.5) is 0 Å². The molecule has 1 saturated heterocycles. The van der Waals surface area contributed by atoms with Crippen LogP contribution in [0.15, 0.2) is 24.3 Å². The Morgan fingerprint density at radius 1 is 0.772 bits per heavy atom. The lowest BCUT2D eigenvalue weighted by Gasteiger charge is -2.45. The summed E-state index contributed by atoms with van der Waals surface area (Å²) in [4.78, 5) is 67.3. The molecule has 0 N–H and O–H groups in total. The minimum Gasteiger partial charge on any atom is -0.469 e. The third-order valence-corrected chi connectivity index (χ3v) is 12.1. The number of ether oxygens (including phenoxy) is 8. The number of hydrogen-bond acceptors (Lipinski definition) is 14. The molecule has 12 unspecified atom stereocenters. The average molecular weight is 865 g/mol. The highest BCUT2D eigenvalue weighted by Gasteiger charge is 2.63. The van der Waals surface area contributed by atoms with Crippen molar-refractivity contribution in [1.82, 2.24) is 0 Å². The van der Waals surface area contributed by atoms with E-state index in [-0.39, 0.29) is 56.3 Å². The number of methoxy groups -OCH3 is 4. The summed E-state index contributed by atoms with van der Waals surface area (Å²) < 4.78 is 39.8. The van der Waals surface area contributed by atoms with E-state index in [4.69, 9.17) is 33.2 Å². The molecular formula is C40H67O14P3. The highest BCUT2D eigenvalue weighted by Crippen LogP contribution is 2.65. The van der Waals surface area contributed by atoms with Crippen molar-refractivity contribution in [3.05, 3.63) is 24.3 Å². The molecule has 326 valence electrons. The highest BCUT2D eigenvalue weighted by atomic mass is 32.4. The molecule has 6 aliphatic rings. The first-order valence-electron chi connectivity index (χ1n) is 18.6. The van der Waals surface area contributed by atoms with Crippen molar-refractivity contribution in [1.29, 1.82) is 0 Å². The molecule has 4 fully saturated rings. The Morgan fingerprint density at radius 3 is 1.68 bits per heavy atom. The summed E-state index contributed by atoms with van der Waals surface area (Å²) >= 11 is 0. The standard InChI is InChI=1S/C20H30O7.C14H22O4.C4H2O3.2CH4.H5P3/c1-11-13-7-14(16(11)17-12(2)18(22)27-19(17)23)20(8-13,9-26-10-24-3)6-5-15(21)25-4;1-16-10-18-9-14(6-5-13(15)17-2)8-11-3-4-12(14)7-11;5-3-1-2-4(6)7-3;;;1-3-2/h11-14,16-17H,5-10H2,1-4H3;3-4,11-12H,5-10H2,1-2H3;1-2H;2*1H4;3H,1-2H2. The summed E-state index contributed by atoms with van der Waals surface area (Å²) in [7, 11) is 12.1. The van der Waals surface area contributed by atoms with Gasteiger partial charge in [0.1, 0.15) is 13.6 Å². The number of esters is 6. The monoisotopic (exact) mass is 864 g/mol. The van der Waals surface area contributed by atoms with E-state index in [1.165, 1.54) is 20.6 Å². The van der Waals surface area contributed by atoms with Gasteiger partial charge < -0.3 is 37.9 Å². The summed E-state index contributed by atoms with van der Waals surface area (Å²) in [6, 6.07) is 0. The van der Waals surface area contributed by atoms with Crippen molar-refractivity contribution >= 4 is 61.6 Å². The molecule has 2 heterocycles. The first-order chi connectivity index (χ1) is 26.2.